The summed E-state index contributed by atoms with van der Waals surface area (Å²) in [5.41, 5.74) is 3.82. The molecule has 1 aromatic heterocycles. The van der Waals surface area contributed by atoms with Gasteiger partial charge in [-0.15, -0.1) is 0 Å². The summed E-state index contributed by atoms with van der Waals surface area (Å²) >= 11 is 0. The standard InChI is InChI=1S/C15H25N3/c1-10-6-13(4)18(9-10)15-14(8-16-5)11(2)7-12(3)17-15/h7,10,13,16H,6,8-9H2,1-5H3. The monoisotopic (exact) mass is 247 g/mol. The van der Waals surface area contributed by atoms with Crippen molar-refractivity contribution < 1.29 is 0 Å². The molecule has 1 aliphatic heterocycles. The van der Waals surface area contributed by atoms with Crippen molar-refractivity contribution in [1.82, 2.24) is 10.3 Å². The van der Waals surface area contributed by atoms with Crippen LogP contribution in [0.25, 0.3) is 0 Å². The van der Waals surface area contributed by atoms with Crippen LogP contribution in [0.4, 0.5) is 5.82 Å². The van der Waals surface area contributed by atoms with E-state index in [4.69, 9.17) is 4.98 Å². The smallest absolute Gasteiger partial charge is 0.133 e. The number of pyridine rings is 1. The lowest BCUT2D eigenvalue weighted by atomic mass is 10.1. The Hall–Kier alpha value is -1.09. The Morgan fingerprint density at radius 3 is 2.67 bits per heavy atom. The van der Waals surface area contributed by atoms with Gasteiger partial charge in [-0.25, -0.2) is 4.98 Å². The van der Waals surface area contributed by atoms with Crippen LogP contribution in [0, 0.1) is 19.8 Å². The van der Waals surface area contributed by atoms with Crippen LogP contribution < -0.4 is 10.2 Å². The Morgan fingerprint density at radius 1 is 1.39 bits per heavy atom. The highest BCUT2D eigenvalue weighted by atomic mass is 15.2. The summed E-state index contributed by atoms with van der Waals surface area (Å²) in [5, 5.41) is 3.27. The number of nitrogens with zero attached hydrogens (tertiary/aromatic N) is 2. The van der Waals surface area contributed by atoms with Gasteiger partial charge in [0.25, 0.3) is 0 Å². The normalized spacial score (nSPS) is 23.7. The van der Waals surface area contributed by atoms with Gasteiger partial charge in [0.1, 0.15) is 5.82 Å². The minimum Gasteiger partial charge on any atom is -0.353 e. The van der Waals surface area contributed by atoms with E-state index in [2.05, 4.69) is 44.0 Å². The number of aromatic nitrogens is 1. The number of rotatable bonds is 3. The first-order valence-corrected chi connectivity index (χ1v) is 6.91. The summed E-state index contributed by atoms with van der Waals surface area (Å²) in [7, 11) is 2.00. The first kappa shape index (κ1) is 13.3. The third-order valence-corrected chi connectivity index (χ3v) is 3.86. The van der Waals surface area contributed by atoms with Gasteiger partial charge in [0.2, 0.25) is 0 Å². The third-order valence-electron chi connectivity index (χ3n) is 3.86. The van der Waals surface area contributed by atoms with Gasteiger partial charge in [0.15, 0.2) is 0 Å². The average Bonchev–Trinajstić information content (AvgIpc) is 2.61. The molecule has 18 heavy (non-hydrogen) atoms. The van der Waals surface area contributed by atoms with Crippen molar-refractivity contribution in [2.75, 3.05) is 18.5 Å². The molecule has 1 aromatic rings. The van der Waals surface area contributed by atoms with E-state index in [0.29, 0.717) is 6.04 Å². The van der Waals surface area contributed by atoms with Gasteiger partial charge in [-0.1, -0.05) is 6.92 Å². The molecule has 3 heteroatoms. The summed E-state index contributed by atoms with van der Waals surface area (Å²) in [6.45, 7) is 10.9. The third kappa shape index (κ3) is 2.51. The van der Waals surface area contributed by atoms with Crippen LogP contribution in [0.3, 0.4) is 0 Å². The Labute approximate surface area is 111 Å². The molecule has 0 spiro atoms. The van der Waals surface area contributed by atoms with Crippen LogP contribution in [0.1, 0.15) is 37.1 Å². The number of anilines is 1. The topological polar surface area (TPSA) is 28.2 Å². The van der Waals surface area contributed by atoms with Crippen molar-refractivity contribution in [3.63, 3.8) is 0 Å². The lowest BCUT2D eigenvalue weighted by Gasteiger charge is -2.26. The lowest BCUT2D eigenvalue weighted by Crippen LogP contribution is -2.30. The van der Waals surface area contributed by atoms with Gasteiger partial charge in [0.05, 0.1) is 0 Å². The zero-order valence-electron chi connectivity index (χ0n) is 12.2. The summed E-state index contributed by atoms with van der Waals surface area (Å²) in [5.74, 6) is 1.96. The maximum absolute atomic E-state index is 4.81. The van der Waals surface area contributed by atoms with Crippen molar-refractivity contribution in [2.24, 2.45) is 5.92 Å². The van der Waals surface area contributed by atoms with Crippen LogP contribution in [0.5, 0.6) is 0 Å². The molecular weight excluding hydrogens is 222 g/mol. The molecule has 2 atom stereocenters. The molecule has 1 N–H and O–H groups in total. The van der Waals surface area contributed by atoms with E-state index in [9.17, 15) is 0 Å². The Morgan fingerprint density at radius 2 is 2.11 bits per heavy atom. The molecule has 0 aliphatic carbocycles. The number of nitrogens with one attached hydrogen (secondary N) is 1. The quantitative estimate of drug-likeness (QED) is 0.890. The van der Waals surface area contributed by atoms with E-state index >= 15 is 0 Å². The van der Waals surface area contributed by atoms with Gasteiger partial charge in [-0.05, 0) is 51.8 Å². The molecule has 0 bridgehead atoms. The highest BCUT2D eigenvalue weighted by Gasteiger charge is 2.29. The first-order chi connectivity index (χ1) is 8.52. The first-order valence-electron chi connectivity index (χ1n) is 6.91. The van der Waals surface area contributed by atoms with Crippen molar-refractivity contribution in [3.05, 3.63) is 22.9 Å². The largest absolute Gasteiger partial charge is 0.353 e. The second kappa shape index (κ2) is 5.27. The lowest BCUT2D eigenvalue weighted by molar-refractivity contribution is 0.625. The van der Waals surface area contributed by atoms with Crippen LogP contribution in [0.2, 0.25) is 0 Å². The highest BCUT2D eigenvalue weighted by Crippen LogP contribution is 2.31. The predicted molar refractivity (Wildman–Crippen MR) is 77.1 cm³/mol. The van der Waals surface area contributed by atoms with Gasteiger partial charge in [-0.3, -0.25) is 0 Å². The van der Waals surface area contributed by atoms with E-state index in [1.807, 2.05) is 7.05 Å². The summed E-state index contributed by atoms with van der Waals surface area (Å²) < 4.78 is 0. The molecule has 2 rings (SSSR count). The summed E-state index contributed by atoms with van der Waals surface area (Å²) in [4.78, 5) is 7.29. The molecule has 2 unspecified atom stereocenters. The average molecular weight is 247 g/mol. The number of hydrogen-bond acceptors (Lipinski definition) is 3. The molecule has 100 valence electrons. The van der Waals surface area contributed by atoms with E-state index in [1.54, 1.807) is 0 Å². The van der Waals surface area contributed by atoms with E-state index in [-0.39, 0.29) is 0 Å². The van der Waals surface area contributed by atoms with Crippen molar-refractivity contribution in [2.45, 2.75) is 46.7 Å². The second-order valence-electron chi connectivity index (χ2n) is 5.76. The number of hydrogen-bond donors (Lipinski definition) is 1. The molecule has 0 radical (unpaired) electrons. The van der Waals surface area contributed by atoms with Crippen LogP contribution in [-0.2, 0) is 6.54 Å². The maximum Gasteiger partial charge on any atom is 0.133 e. The molecule has 2 heterocycles. The predicted octanol–water partition coefficient (Wildman–Crippen LogP) is 2.65. The van der Waals surface area contributed by atoms with E-state index in [0.717, 1.165) is 24.7 Å². The molecule has 1 fully saturated rings. The fraction of sp³-hybridized carbons (Fsp3) is 0.667. The molecular formula is C15H25N3. The van der Waals surface area contributed by atoms with Crippen molar-refractivity contribution >= 4 is 5.82 Å². The molecule has 1 aliphatic rings. The minimum absolute atomic E-state index is 0.601. The van der Waals surface area contributed by atoms with E-state index in [1.165, 1.54) is 23.4 Å². The van der Waals surface area contributed by atoms with Gasteiger partial charge < -0.3 is 10.2 Å². The zero-order chi connectivity index (χ0) is 13.3. The fourth-order valence-electron chi connectivity index (χ4n) is 3.07. The summed E-state index contributed by atoms with van der Waals surface area (Å²) in [6.07, 6.45) is 1.27. The van der Waals surface area contributed by atoms with E-state index < -0.39 is 0 Å². The van der Waals surface area contributed by atoms with Crippen LogP contribution >= 0.6 is 0 Å². The zero-order valence-corrected chi connectivity index (χ0v) is 12.2. The fourth-order valence-corrected chi connectivity index (χ4v) is 3.07. The van der Waals surface area contributed by atoms with Crippen molar-refractivity contribution in [3.8, 4) is 0 Å². The number of aryl methyl sites for hydroxylation is 2. The molecule has 0 amide bonds. The molecule has 0 saturated carbocycles. The molecule has 0 aromatic carbocycles. The van der Waals surface area contributed by atoms with Gasteiger partial charge in [-0.2, -0.15) is 0 Å². The Kier molecular flexibility index (Phi) is 3.91. The Balaban J connectivity index is 2.42. The van der Waals surface area contributed by atoms with Crippen LogP contribution in [-0.4, -0.2) is 24.6 Å². The molecule has 1 saturated heterocycles. The highest BCUT2D eigenvalue weighted by molar-refractivity contribution is 5.53. The maximum atomic E-state index is 4.81. The minimum atomic E-state index is 0.601. The molecule has 3 nitrogen and oxygen atoms in total. The van der Waals surface area contributed by atoms with Crippen molar-refractivity contribution in [1.29, 1.82) is 0 Å². The van der Waals surface area contributed by atoms with Gasteiger partial charge in [0, 0.05) is 30.4 Å². The Bertz CT molecular complexity index is 428. The SMILES string of the molecule is CNCc1c(C)cc(C)nc1N1CC(C)CC1C. The second-order valence-corrected chi connectivity index (χ2v) is 5.76. The summed E-state index contributed by atoms with van der Waals surface area (Å²) in [6, 6.07) is 2.78. The van der Waals surface area contributed by atoms with Crippen LogP contribution in [0.15, 0.2) is 6.07 Å². The van der Waals surface area contributed by atoms with Gasteiger partial charge >= 0.3 is 0 Å².